The van der Waals surface area contributed by atoms with E-state index in [1.807, 2.05) is 37.3 Å². The summed E-state index contributed by atoms with van der Waals surface area (Å²) in [6.07, 6.45) is 2.44. The average molecular weight is 317 g/mol. The molecule has 1 aliphatic carbocycles. The Morgan fingerprint density at radius 2 is 2.04 bits per heavy atom. The summed E-state index contributed by atoms with van der Waals surface area (Å²) in [4.78, 5) is 25.9. The number of amides is 1. The van der Waals surface area contributed by atoms with E-state index in [4.69, 9.17) is 9.47 Å². The maximum absolute atomic E-state index is 12.3. The highest BCUT2D eigenvalue weighted by Gasteiger charge is 2.60. The Morgan fingerprint density at radius 3 is 2.78 bits per heavy atom. The van der Waals surface area contributed by atoms with Crippen molar-refractivity contribution in [1.29, 1.82) is 0 Å². The number of hydrogen-bond donors (Lipinski definition) is 0. The van der Waals surface area contributed by atoms with Gasteiger partial charge in [-0.2, -0.15) is 0 Å². The van der Waals surface area contributed by atoms with Gasteiger partial charge in [0.1, 0.15) is 6.61 Å². The van der Waals surface area contributed by atoms with E-state index in [2.05, 4.69) is 0 Å². The summed E-state index contributed by atoms with van der Waals surface area (Å²) in [6.45, 7) is 3.81. The minimum Gasteiger partial charge on any atom is -0.466 e. The number of hydrogen-bond acceptors (Lipinski definition) is 4. The first-order valence-electron chi connectivity index (χ1n) is 8.27. The molecule has 3 rings (SSSR count). The van der Waals surface area contributed by atoms with E-state index in [1.54, 1.807) is 4.90 Å². The molecule has 23 heavy (non-hydrogen) atoms. The summed E-state index contributed by atoms with van der Waals surface area (Å²) in [5, 5.41) is 0. The van der Waals surface area contributed by atoms with Gasteiger partial charge in [-0.25, -0.2) is 4.79 Å². The third-order valence-corrected chi connectivity index (χ3v) is 4.83. The Balaban J connectivity index is 1.53. The highest BCUT2D eigenvalue weighted by Crippen LogP contribution is 2.58. The lowest BCUT2D eigenvalue weighted by Crippen LogP contribution is -2.42. The summed E-state index contributed by atoms with van der Waals surface area (Å²) in [5.74, 6) is -0.167. The first-order valence-corrected chi connectivity index (χ1v) is 8.27. The highest BCUT2D eigenvalue weighted by atomic mass is 16.6. The molecule has 5 nitrogen and oxygen atoms in total. The second kappa shape index (κ2) is 6.60. The molecule has 1 saturated carbocycles. The first kappa shape index (κ1) is 15.8. The third-order valence-electron chi connectivity index (χ3n) is 4.83. The van der Waals surface area contributed by atoms with E-state index in [-0.39, 0.29) is 30.0 Å². The number of carbonyl (C=O) groups excluding carboxylic acids is 2. The van der Waals surface area contributed by atoms with Gasteiger partial charge < -0.3 is 14.4 Å². The predicted molar refractivity (Wildman–Crippen MR) is 84.6 cm³/mol. The van der Waals surface area contributed by atoms with Crippen molar-refractivity contribution in [3.8, 4) is 0 Å². The number of benzene rings is 1. The Hall–Kier alpha value is -2.04. The van der Waals surface area contributed by atoms with Crippen molar-refractivity contribution < 1.29 is 19.1 Å². The minimum absolute atomic E-state index is 0.0489. The van der Waals surface area contributed by atoms with Crippen molar-refractivity contribution in [1.82, 2.24) is 4.90 Å². The molecule has 1 amide bonds. The third kappa shape index (κ3) is 3.49. The molecule has 2 atom stereocenters. The fourth-order valence-corrected chi connectivity index (χ4v) is 3.50. The molecule has 2 fully saturated rings. The molecular weight excluding hydrogens is 294 g/mol. The Kier molecular flexibility index (Phi) is 4.55. The SMILES string of the molecule is CCOC(=O)C1CC12CCCN(C(=O)OCc1ccccc1)C2. The lowest BCUT2D eigenvalue weighted by Gasteiger charge is -2.32. The van der Waals surface area contributed by atoms with Crippen LogP contribution in [0.2, 0.25) is 0 Å². The standard InChI is InChI=1S/C18H23NO4/c1-2-22-16(20)15-11-18(15)9-6-10-19(13-18)17(21)23-12-14-7-4-3-5-8-14/h3-5,7-8,15H,2,6,9-13H2,1H3. The number of piperidine rings is 1. The minimum atomic E-state index is -0.289. The Bertz CT molecular complexity index is 574. The lowest BCUT2D eigenvalue weighted by molar-refractivity contribution is -0.146. The number of esters is 1. The van der Waals surface area contributed by atoms with Gasteiger partial charge in [0.15, 0.2) is 0 Å². The second-order valence-electron chi connectivity index (χ2n) is 6.44. The average Bonchev–Trinajstić information content (AvgIpc) is 3.27. The zero-order chi connectivity index (χ0) is 16.3. The first-order chi connectivity index (χ1) is 11.1. The van der Waals surface area contributed by atoms with Crippen molar-refractivity contribution >= 4 is 12.1 Å². The highest BCUT2D eigenvalue weighted by molar-refractivity contribution is 5.77. The summed E-state index contributed by atoms with van der Waals surface area (Å²) in [7, 11) is 0. The van der Waals surface area contributed by atoms with Gasteiger partial charge in [0.25, 0.3) is 0 Å². The van der Waals surface area contributed by atoms with E-state index in [1.165, 1.54) is 0 Å². The van der Waals surface area contributed by atoms with Crippen LogP contribution in [-0.4, -0.2) is 36.7 Å². The summed E-state index contributed by atoms with van der Waals surface area (Å²) in [5.41, 5.74) is 0.902. The maximum Gasteiger partial charge on any atom is 0.410 e. The largest absolute Gasteiger partial charge is 0.466 e. The number of ether oxygens (including phenoxy) is 2. The molecule has 1 aromatic carbocycles. The Morgan fingerprint density at radius 1 is 1.26 bits per heavy atom. The van der Waals surface area contributed by atoms with Crippen LogP contribution in [-0.2, 0) is 20.9 Å². The summed E-state index contributed by atoms with van der Waals surface area (Å²) in [6, 6.07) is 9.65. The molecule has 2 unspecified atom stereocenters. The van der Waals surface area contributed by atoms with Crippen molar-refractivity contribution in [3.05, 3.63) is 35.9 Å². The van der Waals surface area contributed by atoms with Crippen LogP contribution in [0.15, 0.2) is 30.3 Å². The van der Waals surface area contributed by atoms with E-state index >= 15 is 0 Å². The molecule has 0 radical (unpaired) electrons. The lowest BCUT2D eigenvalue weighted by atomic mass is 9.92. The van der Waals surface area contributed by atoms with Gasteiger partial charge in [-0.15, -0.1) is 0 Å². The van der Waals surface area contributed by atoms with Gasteiger partial charge in [-0.3, -0.25) is 4.79 Å². The van der Waals surface area contributed by atoms with Crippen molar-refractivity contribution in [2.45, 2.75) is 32.8 Å². The molecule has 1 aliphatic heterocycles. The second-order valence-corrected chi connectivity index (χ2v) is 6.44. The van der Waals surface area contributed by atoms with Crippen LogP contribution in [0, 0.1) is 11.3 Å². The smallest absolute Gasteiger partial charge is 0.410 e. The van der Waals surface area contributed by atoms with Crippen LogP contribution in [0.3, 0.4) is 0 Å². The molecule has 1 heterocycles. The van der Waals surface area contributed by atoms with Gasteiger partial charge in [-0.1, -0.05) is 30.3 Å². The molecule has 1 saturated heterocycles. The predicted octanol–water partition coefficient (Wildman–Crippen LogP) is 2.99. The normalized spacial score (nSPS) is 26.0. The molecule has 124 valence electrons. The molecule has 0 bridgehead atoms. The molecular formula is C18H23NO4. The van der Waals surface area contributed by atoms with Crippen LogP contribution in [0.25, 0.3) is 0 Å². The molecule has 1 aromatic rings. The van der Waals surface area contributed by atoms with Crippen molar-refractivity contribution in [2.75, 3.05) is 19.7 Å². The van der Waals surface area contributed by atoms with Crippen LogP contribution >= 0.6 is 0 Å². The quantitative estimate of drug-likeness (QED) is 0.801. The molecule has 1 spiro atoms. The monoisotopic (exact) mass is 317 g/mol. The van der Waals surface area contributed by atoms with E-state index < -0.39 is 0 Å². The van der Waals surface area contributed by atoms with Crippen LogP contribution in [0.1, 0.15) is 31.7 Å². The Labute approximate surface area is 136 Å². The number of carbonyl (C=O) groups is 2. The zero-order valence-corrected chi connectivity index (χ0v) is 13.5. The number of rotatable bonds is 4. The van der Waals surface area contributed by atoms with Crippen LogP contribution < -0.4 is 0 Å². The van der Waals surface area contributed by atoms with Gasteiger partial charge in [-0.05, 0) is 31.7 Å². The summed E-state index contributed by atoms with van der Waals surface area (Å²) < 4.78 is 10.5. The van der Waals surface area contributed by atoms with Crippen molar-refractivity contribution in [2.24, 2.45) is 11.3 Å². The van der Waals surface area contributed by atoms with E-state index in [9.17, 15) is 9.59 Å². The molecule has 0 N–H and O–H groups in total. The van der Waals surface area contributed by atoms with Gasteiger partial charge >= 0.3 is 12.1 Å². The zero-order valence-electron chi connectivity index (χ0n) is 13.5. The van der Waals surface area contributed by atoms with E-state index in [0.717, 1.165) is 24.8 Å². The topological polar surface area (TPSA) is 55.8 Å². The molecule has 5 heteroatoms. The van der Waals surface area contributed by atoms with Gasteiger partial charge in [0, 0.05) is 18.5 Å². The fraction of sp³-hybridized carbons (Fsp3) is 0.556. The van der Waals surface area contributed by atoms with Gasteiger partial charge in [0.2, 0.25) is 0 Å². The summed E-state index contributed by atoms with van der Waals surface area (Å²) >= 11 is 0. The van der Waals surface area contributed by atoms with Crippen LogP contribution in [0.4, 0.5) is 4.79 Å². The van der Waals surface area contributed by atoms with Gasteiger partial charge in [0.05, 0.1) is 12.5 Å². The van der Waals surface area contributed by atoms with Crippen molar-refractivity contribution in [3.63, 3.8) is 0 Å². The number of nitrogens with zero attached hydrogens (tertiary/aromatic N) is 1. The maximum atomic E-state index is 12.3. The van der Waals surface area contributed by atoms with E-state index in [0.29, 0.717) is 19.7 Å². The number of likely N-dealkylation sites (tertiary alicyclic amines) is 1. The molecule has 2 aliphatic rings. The van der Waals surface area contributed by atoms with Crippen LogP contribution in [0.5, 0.6) is 0 Å². The molecule has 0 aromatic heterocycles. The fourth-order valence-electron chi connectivity index (χ4n) is 3.50.